The Morgan fingerprint density at radius 2 is 1.77 bits per heavy atom. The lowest BCUT2D eigenvalue weighted by molar-refractivity contribution is 0.281. The van der Waals surface area contributed by atoms with Crippen LogP contribution in [-0.4, -0.2) is 33.3 Å². The summed E-state index contributed by atoms with van der Waals surface area (Å²) in [4.78, 5) is 2.15. The number of ether oxygens (including phenoxy) is 1. The third-order valence-corrected chi connectivity index (χ3v) is 3.21. The van der Waals surface area contributed by atoms with E-state index in [2.05, 4.69) is 28.3 Å². The van der Waals surface area contributed by atoms with Gasteiger partial charge in [-0.25, -0.2) is 0 Å². The second-order valence-corrected chi connectivity index (χ2v) is 5.11. The van der Waals surface area contributed by atoms with Crippen molar-refractivity contribution in [1.82, 2.24) is 10.1 Å². The van der Waals surface area contributed by atoms with Crippen molar-refractivity contribution < 1.29 is 9.39 Å². The maximum atomic E-state index is 5.97. The molecule has 0 bridgehead atoms. The average Bonchev–Trinajstić information content (AvgIpc) is 2.55. The van der Waals surface area contributed by atoms with Gasteiger partial charge in [0.15, 0.2) is 0 Å². The van der Waals surface area contributed by atoms with Crippen molar-refractivity contribution in [1.29, 1.82) is 0 Å². The highest BCUT2D eigenvalue weighted by molar-refractivity contribution is 6.23. The first kappa shape index (κ1) is 16.6. The van der Waals surface area contributed by atoms with E-state index in [1.54, 1.807) is 14.7 Å². The molecule has 0 atom stereocenters. The van der Waals surface area contributed by atoms with Gasteiger partial charge in [0.1, 0.15) is 12.4 Å². The van der Waals surface area contributed by atoms with Gasteiger partial charge in [-0.1, -0.05) is 48.5 Å². The Balaban J connectivity index is 1.91. The number of rotatable bonds is 9. The minimum Gasteiger partial charge on any atom is -0.489 e. The monoisotopic (exact) mass is 297 g/mol. The van der Waals surface area contributed by atoms with Crippen LogP contribution >= 0.6 is 0 Å². The minimum atomic E-state index is 0.581. The molecule has 2 aromatic carbocycles. The molecule has 4 nitrogen and oxygen atoms in total. The molecular formula is C17H22BN2O2. The molecule has 0 unspecified atom stereocenters. The van der Waals surface area contributed by atoms with Crippen molar-refractivity contribution in [2.24, 2.45) is 0 Å². The normalized spacial score (nSPS) is 10.7. The highest BCUT2D eigenvalue weighted by Gasteiger charge is 2.06. The Bertz CT molecular complexity index is 551. The molecule has 0 heterocycles. The van der Waals surface area contributed by atoms with Crippen LogP contribution in [0.1, 0.15) is 11.1 Å². The van der Waals surface area contributed by atoms with E-state index in [-0.39, 0.29) is 0 Å². The molecular weight excluding hydrogens is 275 g/mol. The van der Waals surface area contributed by atoms with Crippen LogP contribution < -0.4 is 9.96 Å². The van der Waals surface area contributed by atoms with Crippen LogP contribution in [0.15, 0.2) is 54.6 Å². The number of benzene rings is 2. The van der Waals surface area contributed by atoms with Crippen LogP contribution in [0, 0.1) is 0 Å². The first-order valence-electron chi connectivity index (χ1n) is 7.30. The SMILES string of the molecule is CO[B]NCN(C)Cc1ccccc1OCc1ccccc1. The fourth-order valence-corrected chi connectivity index (χ4v) is 2.13. The molecule has 0 amide bonds. The summed E-state index contributed by atoms with van der Waals surface area (Å²) in [6.07, 6.45) is 0. The zero-order valence-corrected chi connectivity index (χ0v) is 13.2. The fraction of sp³-hybridized carbons (Fsp3) is 0.294. The predicted octanol–water partition coefficient (Wildman–Crippen LogP) is 2.43. The molecule has 0 aromatic heterocycles. The van der Waals surface area contributed by atoms with E-state index in [9.17, 15) is 0 Å². The molecule has 0 saturated carbocycles. The summed E-state index contributed by atoms with van der Waals surface area (Å²) in [5.74, 6) is 0.925. The second kappa shape index (κ2) is 9.25. The lowest BCUT2D eigenvalue weighted by Gasteiger charge is -2.19. The standard InChI is InChI=1S/C17H22BN2O2/c1-20(14-19-18-21-2)12-16-10-6-7-11-17(16)22-13-15-8-4-3-5-9-15/h3-11,19H,12-14H2,1-2H3. The van der Waals surface area contributed by atoms with Crippen molar-refractivity contribution in [2.75, 3.05) is 20.8 Å². The lowest BCUT2D eigenvalue weighted by Crippen LogP contribution is -2.33. The van der Waals surface area contributed by atoms with Crippen molar-refractivity contribution in [2.45, 2.75) is 13.2 Å². The predicted molar refractivity (Wildman–Crippen MR) is 89.4 cm³/mol. The highest BCUT2D eigenvalue weighted by Crippen LogP contribution is 2.20. The van der Waals surface area contributed by atoms with Crippen molar-refractivity contribution in [3.8, 4) is 5.75 Å². The van der Waals surface area contributed by atoms with Gasteiger partial charge < -0.3 is 14.6 Å². The van der Waals surface area contributed by atoms with Gasteiger partial charge in [0.05, 0.1) is 0 Å². The van der Waals surface area contributed by atoms with Crippen LogP contribution in [-0.2, 0) is 17.8 Å². The van der Waals surface area contributed by atoms with Crippen LogP contribution in [0.5, 0.6) is 5.75 Å². The largest absolute Gasteiger partial charge is 0.489 e. The topological polar surface area (TPSA) is 33.7 Å². The van der Waals surface area contributed by atoms with Gasteiger partial charge in [0.2, 0.25) is 0 Å². The average molecular weight is 297 g/mol. The van der Waals surface area contributed by atoms with Gasteiger partial charge in [0.25, 0.3) is 0 Å². The Kier molecular flexibility index (Phi) is 6.96. The Hall–Kier alpha value is -1.82. The fourth-order valence-electron chi connectivity index (χ4n) is 2.13. The number of hydrogen-bond acceptors (Lipinski definition) is 4. The summed E-state index contributed by atoms with van der Waals surface area (Å²) in [7, 11) is 5.25. The molecule has 0 aliphatic heterocycles. The lowest BCUT2D eigenvalue weighted by atomic mass is 10.2. The first-order valence-corrected chi connectivity index (χ1v) is 7.30. The molecule has 0 spiro atoms. The zero-order chi connectivity index (χ0) is 15.6. The number of nitrogens with zero attached hydrogens (tertiary/aromatic N) is 1. The molecule has 0 aliphatic carbocycles. The maximum absolute atomic E-state index is 5.97. The molecule has 1 radical (unpaired) electrons. The number of hydrogen-bond donors (Lipinski definition) is 1. The van der Waals surface area contributed by atoms with E-state index in [0.29, 0.717) is 13.3 Å². The van der Waals surface area contributed by atoms with Crippen LogP contribution in [0.3, 0.4) is 0 Å². The summed E-state index contributed by atoms with van der Waals surface area (Å²) in [5, 5.41) is 3.07. The van der Waals surface area contributed by atoms with Crippen molar-refractivity contribution in [3.05, 3.63) is 65.7 Å². The van der Waals surface area contributed by atoms with Gasteiger partial charge in [-0.2, -0.15) is 0 Å². The molecule has 1 N–H and O–H groups in total. The molecule has 2 rings (SSSR count). The van der Waals surface area contributed by atoms with Crippen molar-refractivity contribution in [3.63, 3.8) is 0 Å². The summed E-state index contributed by atoms with van der Waals surface area (Å²) >= 11 is 0. The Labute approximate surface area is 133 Å². The molecule has 2 aromatic rings. The third kappa shape index (κ3) is 5.52. The molecule has 22 heavy (non-hydrogen) atoms. The van der Waals surface area contributed by atoms with E-state index < -0.39 is 0 Å². The smallest absolute Gasteiger partial charge is 0.396 e. The Morgan fingerprint density at radius 1 is 1.05 bits per heavy atom. The van der Waals surface area contributed by atoms with Gasteiger partial charge in [-0.3, -0.25) is 4.90 Å². The molecule has 115 valence electrons. The highest BCUT2D eigenvalue weighted by atomic mass is 16.5. The summed E-state index contributed by atoms with van der Waals surface area (Å²) in [6.45, 7) is 2.09. The van der Waals surface area contributed by atoms with Gasteiger partial charge in [-0.05, 0) is 18.7 Å². The zero-order valence-electron chi connectivity index (χ0n) is 13.2. The van der Waals surface area contributed by atoms with Crippen LogP contribution in [0.4, 0.5) is 0 Å². The molecule has 0 aliphatic rings. The number of nitrogens with one attached hydrogen (secondary N) is 1. The van der Waals surface area contributed by atoms with E-state index in [0.717, 1.165) is 12.3 Å². The van der Waals surface area contributed by atoms with Crippen LogP contribution in [0.2, 0.25) is 0 Å². The van der Waals surface area contributed by atoms with E-state index in [4.69, 9.17) is 9.39 Å². The first-order chi connectivity index (χ1) is 10.8. The summed E-state index contributed by atoms with van der Waals surface area (Å²) < 4.78 is 10.8. The number of para-hydroxylation sites is 1. The van der Waals surface area contributed by atoms with Gasteiger partial charge >= 0.3 is 7.62 Å². The summed E-state index contributed by atoms with van der Waals surface area (Å²) in [6, 6.07) is 18.3. The quantitative estimate of drug-likeness (QED) is 0.438. The van der Waals surface area contributed by atoms with E-state index >= 15 is 0 Å². The van der Waals surface area contributed by atoms with Crippen LogP contribution in [0.25, 0.3) is 0 Å². The van der Waals surface area contributed by atoms with E-state index in [1.807, 2.05) is 43.4 Å². The third-order valence-electron chi connectivity index (χ3n) is 3.21. The second-order valence-electron chi connectivity index (χ2n) is 5.11. The maximum Gasteiger partial charge on any atom is 0.396 e. The van der Waals surface area contributed by atoms with E-state index in [1.165, 1.54) is 11.1 Å². The molecule has 0 saturated heterocycles. The molecule has 5 heteroatoms. The Morgan fingerprint density at radius 3 is 2.55 bits per heavy atom. The summed E-state index contributed by atoms with van der Waals surface area (Å²) in [5.41, 5.74) is 2.34. The van der Waals surface area contributed by atoms with Crippen molar-refractivity contribution >= 4 is 7.62 Å². The minimum absolute atomic E-state index is 0.581. The van der Waals surface area contributed by atoms with Gasteiger partial charge in [0, 0.05) is 25.9 Å². The van der Waals surface area contributed by atoms with Gasteiger partial charge in [-0.15, -0.1) is 0 Å². The molecule has 0 fully saturated rings.